The number of aromatic nitrogens is 2. The van der Waals surface area contributed by atoms with Gasteiger partial charge in [0.05, 0.1) is 5.69 Å². The standard InChI is InChI=1S/C26H31N3O/c1-18-9-14-28-22(15-18)17-30-23-7-8-24(26(2,3)4)29-25(23)21-6-5-19-10-12-27-13-11-20(19)16-21/h5-9,14-16,27H,10-13,17H2,1-4H3. The van der Waals surface area contributed by atoms with E-state index >= 15 is 0 Å². The molecule has 1 N–H and O–H groups in total. The van der Waals surface area contributed by atoms with Gasteiger partial charge < -0.3 is 10.1 Å². The Hall–Kier alpha value is -2.72. The van der Waals surface area contributed by atoms with Crippen molar-refractivity contribution < 1.29 is 4.74 Å². The summed E-state index contributed by atoms with van der Waals surface area (Å²) in [5, 5.41) is 3.49. The molecule has 3 aromatic rings. The molecule has 0 radical (unpaired) electrons. The molecular weight excluding hydrogens is 370 g/mol. The molecule has 0 unspecified atom stereocenters. The van der Waals surface area contributed by atoms with Gasteiger partial charge in [-0.05, 0) is 79.9 Å². The Morgan fingerprint density at radius 3 is 2.53 bits per heavy atom. The van der Waals surface area contributed by atoms with E-state index in [0.29, 0.717) is 6.61 Å². The van der Waals surface area contributed by atoms with Crippen LogP contribution >= 0.6 is 0 Å². The van der Waals surface area contributed by atoms with Gasteiger partial charge in [0.1, 0.15) is 18.1 Å². The minimum Gasteiger partial charge on any atom is -0.485 e. The molecule has 0 saturated carbocycles. The molecule has 0 spiro atoms. The van der Waals surface area contributed by atoms with Gasteiger partial charge in [-0.2, -0.15) is 0 Å². The van der Waals surface area contributed by atoms with Crippen LogP contribution in [0.3, 0.4) is 0 Å². The Morgan fingerprint density at radius 1 is 0.967 bits per heavy atom. The van der Waals surface area contributed by atoms with Crippen LogP contribution in [0.4, 0.5) is 0 Å². The predicted octanol–water partition coefficient (Wildman–Crippen LogP) is 5.02. The Labute approximate surface area is 179 Å². The van der Waals surface area contributed by atoms with Crippen LogP contribution in [-0.4, -0.2) is 23.1 Å². The zero-order chi connectivity index (χ0) is 21.1. The fraction of sp³-hybridized carbons (Fsp3) is 0.385. The molecule has 30 heavy (non-hydrogen) atoms. The molecule has 1 aromatic carbocycles. The van der Waals surface area contributed by atoms with E-state index in [1.165, 1.54) is 16.7 Å². The van der Waals surface area contributed by atoms with Crippen LogP contribution in [0.25, 0.3) is 11.3 Å². The smallest absolute Gasteiger partial charge is 0.146 e. The number of nitrogens with zero attached hydrogens (tertiary/aromatic N) is 2. The number of ether oxygens (including phenoxy) is 1. The summed E-state index contributed by atoms with van der Waals surface area (Å²) in [6, 6.07) is 15.0. The highest BCUT2D eigenvalue weighted by Gasteiger charge is 2.20. The summed E-state index contributed by atoms with van der Waals surface area (Å²) in [5.41, 5.74) is 8.02. The summed E-state index contributed by atoms with van der Waals surface area (Å²) >= 11 is 0. The Kier molecular flexibility index (Phi) is 5.87. The maximum Gasteiger partial charge on any atom is 0.146 e. The molecule has 0 amide bonds. The SMILES string of the molecule is Cc1ccnc(COc2ccc(C(C)(C)C)nc2-c2ccc3c(c2)CCNCC3)c1. The van der Waals surface area contributed by atoms with Crippen LogP contribution in [0, 0.1) is 6.92 Å². The molecular formula is C26H31N3O. The topological polar surface area (TPSA) is 47.0 Å². The minimum atomic E-state index is -0.0268. The van der Waals surface area contributed by atoms with Crippen molar-refractivity contribution in [1.82, 2.24) is 15.3 Å². The second-order valence-corrected chi connectivity index (χ2v) is 9.14. The lowest BCUT2D eigenvalue weighted by molar-refractivity contribution is 0.301. The van der Waals surface area contributed by atoms with Crippen LogP contribution in [0.1, 0.15) is 48.8 Å². The average Bonchev–Trinajstić information content (AvgIpc) is 2.96. The van der Waals surface area contributed by atoms with Gasteiger partial charge >= 0.3 is 0 Å². The van der Waals surface area contributed by atoms with Crippen LogP contribution in [-0.2, 0) is 24.9 Å². The molecule has 1 aliphatic rings. The number of rotatable bonds is 4. The van der Waals surface area contributed by atoms with E-state index in [-0.39, 0.29) is 5.41 Å². The van der Waals surface area contributed by atoms with Crippen LogP contribution in [0.2, 0.25) is 0 Å². The van der Waals surface area contributed by atoms with Gasteiger partial charge in [-0.1, -0.05) is 32.9 Å². The largest absolute Gasteiger partial charge is 0.485 e. The number of hydrogen-bond acceptors (Lipinski definition) is 4. The Bertz CT molecular complexity index is 1040. The number of fused-ring (bicyclic) bond motifs is 1. The summed E-state index contributed by atoms with van der Waals surface area (Å²) in [4.78, 5) is 9.48. The maximum absolute atomic E-state index is 6.23. The van der Waals surface area contributed by atoms with E-state index in [2.05, 4.69) is 74.4 Å². The van der Waals surface area contributed by atoms with E-state index in [9.17, 15) is 0 Å². The van der Waals surface area contributed by atoms with E-state index in [1.807, 2.05) is 12.3 Å². The molecule has 0 aliphatic carbocycles. The number of pyridine rings is 2. The number of benzene rings is 1. The van der Waals surface area contributed by atoms with Gasteiger partial charge in [0.2, 0.25) is 0 Å². The monoisotopic (exact) mass is 401 g/mol. The average molecular weight is 402 g/mol. The van der Waals surface area contributed by atoms with Crippen molar-refractivity contribution in [2.45, 2.75) is 52.6 Å². The number of aryl methyl sites for hydroxylation is 1. The third-order valence-electron chi connectivity index (χ3n) is 5.60. The first-order chi connectivity index (χ1) is 14.4. The van der Waals surface area contributed by atoms with E-state index in [1.54, 1.807) is 0 Å². The minimum absolute atomic E-state index is 0.0268. The molecule has 2 aromatic heterocycles. The van der Waals surface area contributed by atoms with Gasteiger partial charge in [0.15, 0.2) is 0 Å². The lowest BCUT2D eigenvalue weighted by Crippen LogP contribution is -2.16. The van der Waals surface area contributed by atoms with Crippen molar-refractivity contribution in [2.24, 2.45) is 0 Å². The highest BCUT2D eigenvalue weighted by atomic mass is 16.5. The Morgan fingerprint density at radius 2 is 1.77 bits per heavy atom. The third-order valence-corrected chi connectivity index (χ3v) is 5.60. The molecule has 4 heteroatoms. The molecule has 3 heterocycles. The Balaban J connectivity index is 1.71. The normalized spacial score (nSPS) is 14.1. The molecule has 0 fully saturated rings. The summed E-state index contributed by atoms with van der Waals surface area (Å²) in [6.07, 6.45) is 3.95. The van der Waals surface area contributed by atoms with Gasteiger partial charge in [-0.15, -0.1) is 0 Å². The molecule has 1 aliphatic heterocycles. The molecule has 4 nitrogen and oxygen atoms in total. The summed E-state index contributed by atoms with van der Waals surface area (Å²) in [6.45, 7) is 11.1. The second kappa shape index (κ2) is 8.57. The molecule has 4 rings (SSSR count). The van der Waals surface area contributed by atoms with Crippen molar-refractivity contribution in [3.05, 3.63) is 76.7 Å². The quantitative estimate of drug-likeness (QED) is 0.667. The summed E-state index contributed by atoms with van der Waals surface area (Å²) in [7, 11) is 0. The summed E-state index contributed by atoms with van der Waals surface area (Å²) in [5.74, 6) is 0.804. The highest BCUT2D eigenvalue weighted by Crippen LogP contribution is 2.33. The lowest BCUT2D eigenvalue weighted by atomic mass is 9.91. The van der Waals surface area contributed by atoms with Gasteiger partial charge in [-0.3, -0.25) is 4.98 Å². The van der Waals surface area contributed by atoms with Crippen molar-refractivity contribution in [3.8, 4) is 17.0 Å². The van der Waals surface area contributed by atoms with Crippen LogP contribution in [0.15, 0.2) is 48.7 Å². The van der Waals surface area contributed by atoms with Crippen molar-refractivity contribution in [3.63, 3.8) is 0 Å². The molecule has 0 bridgehead atoms. The van der Waals surface area contributed by atoms with E-state index in [0.717, 1.165) is 54.3 Å². The van der Waals surface area contributed by atoms with Gasteiger partial charge in [0.25, 0.3) is 0 Å². The number of nitrogens with one attached hydrogen (secondary N) is 1. The molecule has 0 saturated heterocycles. The predicted molar refractivity (Wildman–Crippen MR) is 122 cm³/mol. The zero-order valence-corrected chi connectivity index (χ0v) is 18.5. The lowest BCUT2D eigenvalue weighted by Gasteiger charge is -2.21. The van der Waals surface area contributed by atoms with E-state index in [4.69, 9.17) is 9.72 Å². The highest BCUT2D eigenvalue weighted by molar-refractivity contribution is 5.68. The van der Waals surface area contributed by atoms with Gasteiger partial charge in [-0.25, -0.2) is 4.98 Å². The fourth-order valence-corrected chi connectivity index (χ4v) is 3.84. The van der Waals surface area contributed by atoms with E-state index < -0.39 is 0 Å². The summed E-state index contributed by atoms with van der Waals surface area (Å²) < 4.78 is 6.23. The zero-order valence-electron chi connectivity index (χ0n) is 18.5. The van der Waals surface area contributed by atoms with Crippen molar-refractivity contribution in [1.29, 1.82) is 0 Å². The first-order valence-electron chi connectivity index (χ1n) is 10.8. The molecule has 0 atom stereocenters. The van der Waals surface area contributed by atoms with Crippen LogP contribution in [0.5, 0.6) is 5.75 Å². The van der Waals surface area contributed by atoms with Crippen LogP contribution < -0.4 is 10.1 Å². The third kappa shape index (κ3) is 4.71. The van der Waals surface area contributed by atoms with Crippen molar-refractivity contribution in [2.75, 3.05) is 13.1 Å². The maximum atomic E-state index is 6.23. The molecule has 156 valence electrons. The number of hydrogen-bond donors (Lipinski definition) is 1. The van der Waals surface area contributed by atoms with Gasteiger partial charge in [0, 0.05) is 22.9 Å². The first kappa shape index (κ1) is 20.5. The second-order valence-electron chi connectivity index (χ2n) is 9.14. The first-order valence-corrected chi connectivity index (χ1v) is 10.8. The fourth-order valence-electron chi connectivity index (χ4n) is 3.84. The van der Waals surface area contributed by atoms with Crippen molar-refractivity contribution >= 4 is 0 Å².